The van der Waals surface area contributed by atoms with Crippen molar-refractivity contribution < 1.29 is 18.7 Å². The van der Waals surface area contributed by atoms with Gasteiger partial charge >= 0.3 is 5.97 Å². The third-order valence-electron chi connectivity index (χ3n) is 2.77. The van der Waals surface area contributed by atoms with E-state index in [9.17, 15) is 14.0 Å². The van der Waals surface area contributed by atoms with Crippen LogP contribution in [0.3, 0.4) is 0 Å². The van der Waals surface area contributed by atoms with Crippen molar-refractivity contribution in [1.29, 1.82) is 0 Å². The lowest BCUT2D eigenvalue weighted by Gasteiger charge is -2.20. The smallest absolute Gasteiger partial charge is 0.328 e. The molecule has 1 rings (SSSR count). The van der Waals surface area contributed by atoms with E-state index >= 15 is 0 Å². The van der Waals surface area contributed by atoms with Crippen LogP contribution in [0.1, 0.15) is 29.8 Å². The third-order valence-corrected chi connectivity index (χ3v) is 2.77. The highest BCUT2D eigenvalue weighted by atomic mass is 19.1. The zero-order valence-electron chi connectivity index (χ0n) is 11.5. The van der Waals surface area contributed by atoms with Gasteiger partial charge in [-0.25, -0.2) is 9.18 Å². The molecule has 0 fully saturated rings. The normalized spacial score (nSPS) is 12.1. The van der Waals surface area contributed by atoms with Crippen LogP contribution in [0, 0.1) is 18.7 Å². The van der Waals surface area contributed by atoms with Gasteiger partial charge in [0.25, 0.3) is 5.91 Å². The molecule has 1 unspecified atom stereocenters. The molecular formula is C14H18FNO3. The Hall–Kier alpha value is -1.91. The van der Waals surface area contributed by atoms with Crippen LogP contribution in [0.5, 0.6) is 0 Å². The minimum atomic E-state index is -0.794. The number of nitrogens with one attached hydrogen (secondary N) is 1. The summed E-state index contributed by atoms with van der Waals surface area (Å²) in [6.07, 6.45) is 0. The summed E-state index contributed by atoms with van der Waals surface area (Å²) in [6.45, 7) is 5.30. The number of methoxy groups -OCH3 is 1. The standard InChI is InChI=1S/C14H18FNO3/c1-8(2)12(14(18)19-4)16-13(17)10-7-9(3)5-6-11(10)15/h5-8,12H,1-4H3,(H,16,17). The van der Waals surface area contributed by atoms with Gasteiger partial charge in [0.15, 0.2) is 0 Å². The van der Waals surface area contributed by atoms with Gasteiger partial charge in [0.1, 0.15) is 11.9 Å². The summed E-state index contributed by atoms with van der Waals surface area (Å²) in [6, 6.07) is 3.45. The lowest BCUT2D eigenvalue weighted by molar-refractivity contribution is -0.144. The zero-order chi connectivity index (χ0) is 14.6. The van der Waals surface area contributed by atoms with Crippen molar-refractivity contribution in [1.82, 2.24) is 5.32 Å². The molecule has 4 nitrogen and oxygen atoms in total. The quantitative estimate of drug-likeness (QED) is 0.850. The van der Waals surface area contributed by atoms with E-state index in [4.69, 9.17) is 0 Å². The first-order valence-electron chi connectivity index (χ1n) is 6.01. The summed E-state index contributed by atoms with van der Waals surface area (Å²) >= 11 is 0. The van der Waals surface area contributed by atoms with Crippen molar-refractivity contribution >= 4 is 11.9 Å². The van der Waals surface area contributed by atoms with E-state index in [1.165, 1.54) is 19.2 Å². The van der Waals surface area contributed by atoms with Gasteiger partial charge in [-0.2, -0.15) is 0 Å². The van der Waals surface area contributed by atoms with Gasteiger partial charge in [0.2, 0.25) is 0 Å². The van der Waals surface area contributed by atoms with Gasteiger partial charge in [0, 0.05) is 0 Å². The molecule has 1 aromatic rings. The SMILES string of the molecule is COC(=O)C(NC(=O)c1cc(C)ccc1F)C(C)C. The summed E-state index contributed by atoms with van der Waals surface area (Å²) in [5.41, 5.74) is 0.695. The van der Waals surface area contributed by atoms with Crippen LogP contribution >= 0.6 is 0 Å². The van der Waals surface area contributed by atoms with Crippen LogP contribution in [-0.4, -0.2) is 25.0 Å². The lowest BCUT2D eigenvalue weighted by atomic mass is 10.0. The molecule has 19 heavy (non-hydrogen) atoms. The molecule has 0 aliphatic carbocycles. The van der Waals surface area contributed by atoms with Crippen LogP contribution in [0.2, 0.25) is 0 Å². The van der Waals surface area contributed by atoms with Gasteiger partial charge in [-0.3, -0.25) is 4.79 Å². The highest BCUT2D eigenvalue weighted by molar-refractivity contribution is 5.97. The number of carbonyl (C=O) groups is 2. The van der Waals surface area contributed by atoms with Crippen molar-refractivity contribution in [3.63, 3.8) is 0 Å². The molecule has 0 heterocycles. The number of halogens is 1. The molecule has 1 atom stereocenters. The minimum Gasteiger partial charge on any atom is -0.467 e. The number of rotatable bonds is 4. The molecule has 0 spiro atoms. The fraction of sp³-hybridized carbons (Fsp3) is 0.429. The van der Waals surface area contributed by atoms with E-state index in [1.807, 2.05) is 0 Å². The van der Waals surface area contributed by atoms with Crippen LogP contribution in [0.15, 0.2) is 18.2 Å². The maximum atomic E-state index is 13.6. The van der Waals surface area contributed by atoms with Crippen LogP contribution < -0.4 is 5.32 Å². The average molecular weight is 267 g/mol. The Kier molecular flexibility index (Phi) is 5.03. The molecule has 0 aliphatic rings. The molecule has 0 bridgehead atoms. The van der Waals surface area contributed by atoms with E-state index in [0.717, 1.165) is 5.56 Å². The molecule has 0 aliphatic heterocycles. The molecular weight excluding hydrogens is 249 g/mol. The molecule has 1 N–H and O–H groups in total. The molecule has 0 radical (unpaired) electrons. The number of ether oxygens (including phenoxy) is 1. The van der Waals surface area contributed by atoms with Crippen LogP contribution in [0.25, 0.3) is 0 Å². The first-order chi connectivity index (χ1) is 8.86. The highest BCUT2D eigenvalue weighted by Gasteiger charge is 2.26. The van der Waals surface area contributed by atoms with E-state index < -0.39 is 23.7 Å². The molecule has 0 aromatic heterocycles. The van der Waals surface area contributed by atoms with Gasteiger partial charge in [0.05, 0.1) is 12.7 Å². The molecule has 1 amide bonds. The minimum absolute atomic E-state index is 0.0745. The number of hydrogen-bond acceptors (Lipinski definition) is 3. The second kappa shape index (κ2) is 6.31. The number of aryl methyl sites for hydroxylation is 1. The topological polar surface area (TPSA) is 55.4 Å². The molecule has 5 heteroatoms. The Morgan fingerprint density at radius 2 is 1.95 bits per heavy atom. The predicted octanol–water partition coefficient (Wildman–Crippen LogP) is 2.06. The Balaban J connectivity index is 2.94. The number of benzene rings is 1. The predicted molar refractivity (Wildman–Crippen MR) is 69.2 cm³/mol. The summed E-state index contributed by atoms with van der Waals surface area (Å²) in [5.74, 6) is -1.93. The van der Waals surface area contributed by atoms with Gasteiger partial charge in [-0.15, -0.1) is 0 Å². The van der Waals surface area contributed by atoms with Crippen molar-refractivity contribution in [2.75, 3.05) is 7.11 Å². The number of hydrogen-bond donors (Lipinski definition) is 1. The molecule has 0 saturated heterocycles. The first-order valence-corrected chi connectivity index (χ1v) is 6.01. The Bertz CT molecular complexity index is 486. The Labute approximate surface area is 112 Å². The molecule has 104 valence electrons. The highest BCUT2D eigenvalue weighted by Crippen LogP contribution is 2.12. The summed E-state index contributed by atoms with van der Waals surface area (Å²) < 4.78 is 18.2. The van der Waals surface area contributed by atoms with Gasteiger partial charge < -0.3 is 10.1 Å². The average Bonchev–Trinajstić information content (AvgIpc) is 2.37. The van der Waals surface area contributed by atoms with Crippen molar-refractivity contribution in [2.45, 2.75) is 26.8 Å². The maximum Gasteiger partial charge on any atom is 0.328 e. The van der Waals surface area contributed by atoms with Crippen molar-refractivity contribution in [3.05, 3.63) is 35.1 Å². The summed E-state index contributed by atoms with van der Waals surface area (Å²) in [4.78, 5) is 23.5. The summed E-state index contributed by atoms with van der Waals surface area (Å²) in [5, 5.41) is 2.50. The van der Waals surface area contributed by atoms with E-state index in [1.54, 1.807) is 26.8 Å². The lowest BCUT2D eigenvalue weighted by Crippen LogP contribution is -2.45. The molecule has 0 saturated carbocycles. The van der Waals surface area contributed by atoms with Crippen molar-refractivity contribution in [2.24, 2.45) is 5.92 Å². The molecule has 1 aromatic carbocycles. The second-order valence-corrected chi connectivity index (χ2v) is 4.70. The van der Waals surface area contributed by atoms with Crippen molar-refractivity contribution in [3.8, 4) is 0 Å². The van der Waals surface area contributed by atoms with E-state index in [0.29, 0.717) is 0 Å². The maximum absolute atomic E-state index is 13.6. The fourth-order valence-electron chi connectivity index (χ4n) is 1.66. The van der Waals surface area contributed by atoms with Gasteiger partial charge in [-0.1, -0.05) is 25.5 Å². The van der Waals surface area contributed by atoms with E-state index in [2.05, 4.69) is 10.1 Å². The Morgan fingerprint density at radius 1 is 1.32 bits per heavy atom. The zero-order valence-corrected chi connectivity index (χ0v) is 11.5. The Morgan fingerprint density at radius 3 is 2.47 bits per heavy atom. The van der Waals surface area contributed by atoms with Gasteiger partial charge in [-0.05, 0) is 25.0 Å². The van der Waals surface area contributed by atoms with E-state index in [-0.39, 0.29) is 11.5 Å². The monoisotopic (exact) mass is 267 g/mol. The second-order valence-electron chi connectivity index (χ2n) is 4.70. The number of carbonyl (C=O) groups excluding carboxylic acids is 2. The number of amides is 1. The van der Waals surface area contributed by atoms with Crippen LogP contribution in [-0.2, 0) is 9.53 Å². The third kappa shape index (κ3) is 3.77. The fourth-order valence-corrected chi connectivity index (χ4v) is 1.66. The first kappa shape index (κ1) is 15.1. The van der Waals surface area contributed by atoms with Crippen LogP contribution in [0.4, 0.5) is 4.39 Å². The summed E-state index contributed by atoms with van der Waals surface area (Å²) in [7, 11) is 1.25. The largest absolute Gasteiger partial charge is 0.467 e. The number of esters is 1.